The highest BCUT2D eigenvalue weighted by Gasteiger charge is 2.35. The second-order valence-electron chi connectivity index (χ2n) is 5.78. The Morgan fingerprint density at radius 2 is 2.00 bits per heavy atom. The standard InChI is InChI=1S/C12H21NO4/c1-11(2,10(15)16)7-9(14)13-6-4-5-12(3,17)8-13/h17H,4-8H2,1-3H3,(H,15,16). The van der Waals surface area contributed by atoms with E-state index in [1.807, 2.05) is 0 Å². The monoisotopic (exact) mass is 243 g/mol. The molecule has 1 rings (SSSR count). The number of aliphatic carboxylic acids is 1. The predicted molar refractivity (Wildman–Crippen MR) is 62.5 cm³/mol. The fourth-order valence-corrected chi connectivity index (χ4v) is 2.00. The normalized spacial score (nSPS) is 25.8. The van der Waals surface area contributed by atoms with E-state index < -0.39 is 17.0 Å². The summed E-state index contributed by atoms with van der Waals surface area (Å²) in [7, 11) is 0. The summed E-state index contributed by atoms with van der Waals surface area (Å²) < 4.78 is 0. The number of hydrogen-bond donors (Lipinski definition) is 2. The van der Waals surface area contributed by atoms with Crippen molar-refractivity contribution in [3.05, 3.63) is 0 Å². The van der Waals surface area contributed by atoms with E-state index in [-0.39, 0.29) is 12.3 Å². The van der Waals surface area contributed by atoms with Crippen LogP contribution < -0.4 is 0 Å². The van der Waals surface area contributed by atoms with Gasteiger partial charge in [-0.2, -0.15) is 0 Å². The predicted octanol–water partition coefficient (Wildman–Crippen LogP) is 0.861. The molecule has 0 saturated carbocycles. The molecule has 0 aromatic rings. The number of carbonyl (C=O) groups excluding carboxylic acids is 1. The quantitative estimate of drug-likeness (QED) is 0.770. The second kappa shape index (κ2) is 4.64. The summed E-state index contributed by atoms with van der Waals surface area (Å²) in [4.78, 5) is 24.5. The van der Waals surface area contributed by atoms with Crippen LogP contribution >= 0.6 is 0 Å². The van der Waals surface area contributed by atoms with Crippen molar-refractivity contribution in [2.24, 2.45) is 5.41 Å². The molecule has 1 aliphatic heterocycles. The van der Waals surface area contributed by atoms with Crippen molar-refractivity contribution in [2.45, 2.75) is 45.6 Å². The Labute approximate surface area is 101 Å². The summed E-state index contributed by atoms with van der Waals surface area (Å²) >= 11 is 0. The third-order valence-corrected chi connectivity index (χ3v) is 3.20. The third kappa shape index (κ3) is 3.70. The van der Waals surface area contributed by atoms with E-state index in [0.717, 1.165) is 6.42 Å². The van der Waals surface area contributed by atoms with E-state index in [1.54, 1.807) is 11.8 Å². The molecule has 1 aliphatic rings. The van der Waals surface area contributed by atoms with E-state index >= 15 is 0 Å². The highest BCUT2D eigenvalue weighted by Crippen LogP contribution is 2.25. The summed E-state index contributed by atoms with van der Waals surface area (Å²) in [6.07, 6.45) is 1.41. The van der Waals surface area contributed by atoms with Crippen molar-refractivity contribution in [1.29, 1.82) is 0 Å². The minimum Gasteiger partial charge on any atom is -0.481 e. The zero-order chi connectivity index (χ0) is 13.3. The molecule has 0 radical (unpaired) electrons. The van der Waals surface area contributed by atoms with Crippen LogP contribution in [0.4, 0.5) is 0 Å². The van der Waals surface area contributed by atoms with Crippen molar-refractivity contribution in [3.8, 4) is 0 Å². The molecule has 1 saturated heterocycles. The lowest BCUT2D eigenvalue weighted by atomic mass is 9.88. The zero-order valence-corrected chi connectivity index (χ0v) is 10.7. The van der Waals surface area contributed by atoms with Gasteiger partial charge in [0.2, 0.25) is 5.91 Å². The van der Waals surface area contributed by atoms with E-state index in [1.165, 1.54) is 13.8 Å². The number of amides is 1. The van der Waals surface area contributed by atoms with Crippen molar-refractivity contribution in [1.82, 2.24) is 4.90 Å². The SMILES string of the molecule is CC1(O)CCCN(C(=O)CC(C)(C)C(=O)O)C1. The Hall–Kier alpha value is -1.10. The number of likely N-dealkylation sites (tertiary alicyclic amines) is 1. The van der Waals surface area contributed by atoms with Crippen LogP contribution in [0, 0.1) is 5.41 Å². The molecular formula is C12H21NO4. The second-order valence-corrected chi connectivity index (χ2v) is 5.78. The van der Waals surface area contributed by atoms with Crippen LogP contribution in [-0.4, -0.2) is 45.7 Å². The first kappa shape index (κ1) is 14.0. The molecule has 0 aromatic carbocycles. The first-order chi connectivity index (χ1) is 7.64. The third-order valence-electron chi connectivity index (χ3n) is 3.20. The van der Waals surface area contributed by atoms with E-state index in [0.29, 0.717) is 19.5 Å². The number of hydrogen-bond acceptors (Lipinski definition) is 3. The van der Waals surface area contributed by atoms with Gasteiger partial charge in [0.1, 0.15) is 0 Å². The van der Waals surface area contributed by atoms with Gasteiger partial charge in [-0.3, -0.25) is 9.59 Å². The molecule has 2 N–H and O–H groups in total. The molecule has 1 atom stereocenters. The van der Waals surface area contributed by atoms with Crippen molar-refractivity contribution < 1.29 is 19.8 Å². The van der Waals surface area contributed by atoms with Crippen molar-refractivity contribution in [3.63, 3.8) is 0 Å². The maximum Gasteiger partial charge on any atom is 0.309 e. The maximum atomic E-state index is 12.0. The number of β-amino-alcohol motifs (C(OH)–C–C–N with tert-alkyl or cyclic N) is 1. The van der Waals surface area contributed by atoms with Gasteiger partial charge in [-0.15, -0.1) is 0 Å². The number of rotatable bonds is 3. The molecule has 5 heteroatoms. The zero-order valence-electron chi connectivity index (χ0n) is 10.7. The Kier molecular flexibility index (Phi) is 3.81. The molecule has 1 heterocycles. The van der Waals surface area contributed by atoms with Crippen LogP contribution in [-0.2, 0) is 9.59 Å². The van der Waals surface area contributed by atoms with Crippen LogP contribution in [0.2, 0.25) is 0 Å². The summed E-state index contributed by atoms with van der Waals surface area (Å²) in [5.41, 5.74) is -1.90. The smallest absolute Gasteiger partial charge is 0.309 e. The Morgan fingerprint density at radius 3 is 2.47 bits per heavy atom. The van der Waals surface area contributed by atoms with Crippen LogP contribution in [0.25, 0.3) is 0 Å². The Bertz CT molecular complexity index is 322. The number of carboxylic acid groups (broad SMARTS) is 1. The topological polar surface area (TPSA) is 77.8 Å². The molecule has 0 spiro atoms. The summed E-state index contributed by atoms with van der Waals surface area (Å²) in [5.74, 6) is -1.17. The van der Waals surface area contributed by atoms with Crippen LogP contribution in [0.15, 0.2) is 0 Å². The number of aliphatic hydroxyl groups is 1. The molecule has 0 aliphatic carbocycles. The first-order valence-electron chi connectivity index (χ1n) is 5.88. The van der Waals surface area contributed by atoms with Gasteiger partial charge < -0.3 is 15.1 Å². The van der Waals surface area contributed by atoms with Crippen LogP contribution in [0.1, 0.15) is 40.0 Å². The van der Waals surface area contributed by atoms with Crippen LogP contribution in [0.5, 0.6) is 0 Å². The Balaban J connectivity index is 2.62. The van der Waals surface area contributed by atoms with E-state index in [9.17, 15) is 14.7 Å². The molecule has 1 unspecified atom stereocenters. The van der Waals surface area contributed by atoms with Gasteiger partial charge in [-0.05, 0) is 33.6 Å². The minimum atomic E-state index is -1.06. The summed E-state index contributed by atoms with van der Waals surface area (Å²) in [5, 5.41) is 18.9. The lowest BCUT2D eigenvalue weighted by Gasteiger charge is -2.37. The average molecular weight is 243 g/mol. The minimum absolute atomic E-state index is 0.0294. The summed E-state index contributed by atoms with van der Waals surface area (Å²) in [6, 6.07) is 0. The molecule has 1 fully saturated rings. The molecule has 1 amide bonds. The lowest BCUT2D eigenvalue weighted by molar-refractivity contribution is -0.153. The van der Waals surface area contributed by atoms with E-state index in [4.69, 9.17) is 5.11 Å². The summed E-state index contributed by atoms with van der Waals surface area (Å²) in [6.45, 7) is 5.67. The van der Waals surface area contributed by atoms with Crippen molar-refractivity contribution >= 4 is 11.9 Å². The van der Waals surface area contributed by atoms with Crippen LogP contribution in [0.3, 0.4) is 0 Å². The fraction of sp³-hybridized carbons (Fsp3) is 0.833. The number of nitrogens with zero attached hydrogens (tertiary/aromatic N) is 1. The number of piperidine rings is 1. The molecule has 0 aromatic heterocycles. The van der Waals surface area contributed by atoms with E-state index in [2.05, 4.69) is 0 Å². The first-order valence-corrected chi connectivity index (χ1v) is 5.88. The van der Waals surface area contributed by atoms with Gasteiger partial charge in [0.25, 0.3) is 0 Å². The molecule has 98 valence electrons. The number of carboxylic acids is 1. The largest absolute Gasteiger partial charge is 0.481 e. The van der Waals surface area contributed by atoms with Gasteiger partial charge in [0.05, 0.1) is 11.0 Å². The molecule has 17 heavy (non-hydrogen) atoms. The average Bonchev–Trinajstić information content (AvgIpc) is 2.15. The Morgan fingerprint density at radius 1 is 1.41 bits per heavy atom. The van der Waals surface area contributed by atoms with Gasteiger partial charge in [-0.25, -0.2) is 0 Å². The number of carbonyl (C=O) groups is 2. The highest BCUT2D eigenvalue weighted by atomic mass is 16.4. The maximum absolute atomic E-state index is 12.0. The molecule has 5 nitrogen and oxygen atoms in total. The van der Waals surface area contributed by atoms with Gasteiger partial charge in [-0.1, -0.05) is 0 Å². The fourth-order valence-electron chi connectivity index (χ4n) is 2.00. The van der Waals surface area contributed by atoms with Gasteiger partial charge in [0, 0.05) is 19.5 Å². The highest BCUT2D eigenvalue weighted by molar-refractivity contribution is 5.84. The molecule has 0 bridgehead atoms. The lowest BCUT2D eigenvalue weighted by Crippen LogP contribution is -2.49. The van der Waals surface area contributed by atoms with Crippen molar-refractivity contribution in [2.75, 3.05) is 13.1 Å². The van der Waals surface area contributed by atoms with Gasteiger partial charge in [0.15, 0.2) is 0 Å². The molecular weight excluding hydrogens is 222 g/mol. The van der Waals surface area contributed by atoms with Gasteiger partial charge >= 0.3 is 5.97 Å².